The fourth-order valence-electron chi connectivity index (χ4n) is 4.21. The minimum absolute atomic E-state index is 0.264. The second kappa shape index (κ2) is 8.23. The number of carbonyl (C=O) groups is 1. The van der Waals surface area contributed by atoms with Gasteiger partial charge in [-0.1, -0.05) is 20.8 Å². The molecule has 1 atom stereocenters. The maximum absolute atomic E-state index is 12.6. The van der Waals surface area contributed by atoms with Crippen LogP contribution in [0.4, 0.5) is 0 Å². The van der Waals surface area contributed by atoms with Crippen LogP contribution in [0.2, 0.25) is 0 Å². The Balaban J connectivity index is 1.89. The molecule has 0 aromatic carbocycles. The lowest BCUT2D eigenvalue weighted by Crippen LogP contribution is -2.46. The summed E-state index contributed by atoms with van der Waals surface area (Å²) in [4.78, 5) is 28.5. The summed E-state index contributed by atoms with van der Waals surface area (Å²) >= 11 is 5.08. The summed E-state index contributed by atoms with van der Waals surface area (Å²) in [5.74, 6) is -0.112. The topological polar surface area (TPSA) is 90.7 Å². The van der Waals surface area contributed by atoms with Crippen molar-refractivity contribution in [3.63, 3.8) is 0 Å². The molecule has 0 radical (unpaired) electrons. The van der Waals surface area contributed by atoms with E-state index in [1.807, 2.05) is 10.6 Å². The molecule has 0 spiro atoms. The molecule has 3 heterocycles. The second-order valence-electron chi connectivity index (χ2n) is 9.70. The number of rotatable bonds is 7. The van der Waals surface area contributed by atoms with Gasteiger partial charge in [0.1, 0.15) is 11.3 Å². The number of hydrogen-bond donors (Lipinski definition) is 2. The van der Waals surface area contributed by atoms with Crippen LogP contribution in [-0.2, 0) is 16.0 Å². The minimum Gasteiger partial charge on any atom is -0.492 e. The third kappa shape index (κ3) is 3.94. The van der Waals surface area contributed by atoms with Gasteiger partial charge in [-0.15, -0.1) is 0 Å². The summed E-state index contributed by atoms with van der Waals surface area (Å²) in [5, 5.41) is 9.54. The Morgan fingerprint density at radius 3 is 2.62 bits per heavy atom. The molecule has 2 aromatic heterocycles. The van der Waals surface area contributed by atoms with E-state index in [0.717, 1.165) is 36.3 Å². The van der Waals surface area contributed by atoms with Gasteiger partial charge < -0.3 is 19.1 Å². The zero-order valence-electron chi connectivity index (χ0n) is 19.0. The summed E-state index contributed by atoms with van der Waals surface area (Å²) in [6, 6.07) is 3.43. The number of aromatic carboxylic acids is 1. The summed E-state index contributed by atoms with van der Waals surface area (Å²) in [7, 11) is 1.67. The van der Waals surface area contributed by atoms with Crippen molar-refractivity contribution in [2.45, 2.75) is 57.2 Å². The predicted octanol–water partition coefficient (Wildman–Crippen LogP) is 4.09. The smallest absolute Gasteiger partial charge is 0.341 e. The van der Waals surface area contributed by atoms with Crippen LogP contribution in [0.15, 0.2) is 23.1 Å². The van der Waals surface area contributed by atoms with Crippen molar-refractivity contribution in [2.75, 3.05) is 20.3 Å². The molecule has 1 aliphatic heterocycles. The molecule has 8 heteroatoms. The fraction of sp³-hybridized carbons (Fsp3) is 0.542. The van der Waals surface area contributed by atoms with Crippen LogP contribution >= 0.6 is 12.6 Å². The molecule has 7 nitrogen and oxygen atoms in total. The molecule has 4 rings (SSSR count). The van der Waals surface area contributed by atoms with E-state index in [1.165, 1.54) is 12.3 Å². The van der Waals surface area contributed by atoms with Gasteiger partial charge in [0.05, 0.1) is 28.6 Å². The van der Waals surface area contributed by atoms with Crippen LogP contribution in [-0.4, -0.2) is 41.0 Å². The Kier molecular flexibility index (Phi) is 5.88. The number of carboxylic acid groups (broad SMARTS) is 1. The van der Waals surface area contributed by atoms with E-state index in [9.17, 15) is 14.7 Å². The van der Waals surface area contributed by atoms with Gasteiger partial charge in [0, 0.05) is 44.7 Å². The molecule has 1 saturated carbocycles. The van der Waals surface area contributed by atoms with E-state index in [4.69, 9.17) is 27.1 Å². The van der Waals surface area contributed by atoms with Crippen molar-refractivity contribution in [1.29, 1.82) is 0 Å². The van der Waals surface area contributed by atoms with Crippen LogP contribution in [0.3, 0.4) is 0 Å². The lowest BCUT2D eigenvalue weighted by Gasteiger charge is -2.47. The first kappa shape index (κ1) is 22.9. The molecular formula is C24H30N2O5S. The molecule has 2 aromatic rings. The van der Waals surface area contributed by atoms with Gasteiger partial charge in [-0.25, -0.2) is 9.78 Å². The molecule has 1 fully saturated rings. The predicted molar refractivity (Wildman–Crippen MR) is 125 cm³/mol. The van der Waals surface area contributed by atoms with Gasteiger partial charge >= 0.3 is 5.97 Å². The van der Waals surface area contributed by atoms with Crippen LogP contribution < -0.4 is 10.2 Å². The number of thiol groups is 1. The van der Waals surface area contributed by atoms with E-state index < -0.39 is 16.3 Å². The molecule has 0 unspecified atom stereocenters. The first-order valence-electron chi connectivity index (χ1n) is 11.0. The normalized spacial score (nSPS) is 19.9. The fourth-order valence-corrected chi connectivity index (χ4v) is 4.55. The Morgan fingerprint density at radius 1 is 1.31 bits per heavy atom. The van der Waals surface area contributed by atoms with Crippen molar-refractivity contribution >= 4 is 18.6 Å². The molecule has 2 aliphatic rings. The number of methoxy groups -OCH3 is 1. The summed E-state index contributed by atoms with van der Waals surface area (Å²) in [5.41, 5.74) is 2.02. The maximum Gasteiger partial charge on any atom is 0.341 e. The zero-order chi connectivity index (χ0) is 23.3. The first-order chi connectivity index (χ1) is 15.1. The number of fused-ring (bicyclic) bond motifs is 3. The summed E-state index contributed by atoms with van der Waals surface area (Å²) in [6.07, 6.45) is 4.85. The highest BCUT2D eigenvalue weighted by Gasteiger charge is 2.46. The first-order valence-corrected chi connectivity index (χ1v) is 11.4. The monoisotopic (exact) mass is 458 g/mol. The number of aromatic nitrogens is 2. The Hall–Kier alpha value is -2.32. The Bertz CT molecular complexity index is 1120. The van der Waals surface area contributed by atoms with Gasteiger partial charge in [-0.3, -0.25) is 4.79 Å². The SMILES string of the molecule is COCCCOc1cc2c(nc1C1CC1)-c1cc(=O)c(C(=O)O)cn1[C@@](S)(C(C)(C)C)C2. The van der Waals surface area contributed by atoms with E-state index in [0.29, 0.717) is 36.9 Å². The van der Waals surface area contributed by atoms with Crippen molar-refractivity contribution in [3.8, 4) is 17.1 Å². The zero-order valence-corrected chi connectivity index (χ0v) is 19.9. The van der Waals surface area contributed by atoms with Crippen LogP contribution in [0.25, 0.3) is 11.4 Å². The highest BCUT2D eigenvalue weighted by Crippen LogP contribution is 2.51. The Labute approximate surface area is 193 Å². The molecule has 0 saturated heterocycles. The Morgan fingerprint density at radius 2 is 2.03 bits per heavy atom. The van der Waals surface area contributed by atoms with Crippen molar-refractivity contribution in [3.05, 3.63) is 45.4 Å². The highest BCUT2D eigenvalue weighted by molar-refractivity contribution is 7.81. The highest BCUT2D eigenvalue weighted by atomic mass is 32.1. The van der Waals surface area contributed by atoms with E-state index in [-0.39, 0.29) is 11.0 Å². The lowest BCUT2D eigenvalue weighted by molar-refractivity contribution is 0.0693. The average Bonchev–Trinajstić information content (AvgIpc) is 3.54. The molecule has 1 aliphatic carbocycles. The number of nitrogens with zero attached hydrogens (tertiary/aromatic N) is 2. The third-order valence-electron chi connectivity index (χ3n) is 6.37. The molecule has 172 valence electrons. The second-order valence-corrected chi connectivity index (χ2v) is 10.4. The van der Waals surface area contributed by atoms with Gasteiger partial charge in [-0.05, 0) is 29.9 Å². The van der Waals surface area contributed by atoms with Gasteiger partial charge in [-0.2, -0.15) is 12.6 Å². The van der Waals surface area contributed by atoms with Crippen LogP contribution in [0.5, 0.6) is 5.75 Å². The van der Waals surface area contributed by atoms with Crippen LogP contribution in [0.1, 0.15) is 67.6 Å². The summed E-state index contributed by atoms with van der Waals surface area (Å²) in [6.45, 7) is 7.34. The van der Waals surface area contributed by atoms with Gasteiger partial charge in [0.15, 0.2) is 5.43 Å². The summed E-state index contributed by atoms with van der Waals surface area (Å²) < 4.78 is 13.1. The van der Waals surface area contributed by atoms with E-state index >= 15 is 0 Å². The quantitative estimate of drug-likeness (QED) is 0.480. The van der Waals surface area contributed by atoms with E-state index in [2.05, 4.69) is 20.8 Å². The van der Waals surface area contributed by atoms with Crippen LogP contribution in [0, 0.1) is 5.41 Å². The van der Waals surface area contributed by atoms with Gasteiger partial charge in [0.2, 0.25) is 0 Å². The minimum atomic E-state index is -1.24. The standard InChI is InChI=1S/C24H30N2O5S/c1-23(2,3)24(32)12-15-10-19(31-9-5-8-30-4)21(14-6-7-14)25-20(15)17-11-18(27)16(22(28)29)13-26(17)24/h10-11,13-14,32H,5-9,12H2,1-4H3,(H,28,29)/t24-/m0/s1. The van der Waals surface area contributed by atoms with Crippen molar-refractivity contribution in [2.24, 2.45) is 5.41 Å². The number of hydrogen-bond acceptors (Lipinski definition) is 6. The maximum atomic E-state index is 12.6. The lowest BCUT2D eigenvalue weighted by atomic mass is 9.78. The van der Waals surface area contributed by atoms with Crippen molar-refractivity contribution in [1.82, 2.24) is 9.55 Å². The third-order valence-corrected chi connectivity index (χ3v) is 7.41. The molecule has 1 N–H and O–H groups in total. The molecule has 32 heavy (non-hydrogen) atoms. The average molecular weight is 459 g/mol. The molecule has 0 amide bonds. The number of carboxylic acids is 1. The molecule has 0 bridgehead atoms. The largest absolute Gasteiger partial charge is 0.492 e. The van der Waals surface area contributed by atoms with E-state index in [1.54, 1.807) is 7.11 Å². The number of ether oxygens (including phenoxy) is 2. The number of pyridine rings is 2. The van der Waals surface area contributed by atoms with Crippen molar-refractivity contribution < 1.29 is 19.4 Å². The molecular weight excluding hydrogens is 428 g/mol. The van der Waals surface area contributed by atoms with Gasteiger partial charge in [0.25, 0.3) is 0 Å².